The molecule has 5 nitrogen and oxygen atoms in total. The highest BCUT2D eigenvalue weighted by Gasteiger charge is 2.53. The standard InChI is InChI=1S/C19H27NO4/c1-13(2)11-12-23-15(4)19(22)18(21)20(5)14(3)17(24-19)16-9-7-6-8-10-16/h6-10,14-15,17,22H,1,11-12H2,2-5H3/t14-,15-,17-,19-/m0/s1. The lowest BCUT2D eigenvalue weighted by Crippen LogP contribution is -2.64. The van der Waals surface area contributed by atoms with Crippen molar-refractivity contribution in [2.45, 2.75) is 51.2 Å². The van der Waals surface area contributed by atoms with Crippen LogP contribution in [0.25, 0.3) is 0 Å². The van der Waals surface area contributed by atoms with Crippen LogP contribution >= 0.6 is 0 Å². The number of nitrogens with zero attached hydrogens (tertiary/aromatic N) is 1. The third-order valence-corrected chi connectivity index (χ3v) is 4.56. The maximum absolute atomic E-state index is 12.6. The third-order valence-electron chi connectivity index (χ3n) is 4.56. The molecular formula is C19H27NO4. The molecule has 1 amide bonds. The van der Waals surface area contributed by atoms with Gasteiger partial charge in [-0.2, -0.15) is 0 Å². The van der Waals surface area contributed by atoms with E-state index in [9.17, 15) is 9.90 Å². The maximum atomic E-state index is 12.6. The topological polar surface area (TPSA) is 59.0 Å². The van der Waals surface area contributed by atoms with E-state index in [0.717, 1.165) is 11.1 Å². The molecule has 132 valence electrons. The van der Waals surface area contributed by atoms with E-state index in [4.69, 9.17) is 9.47 Å². The van der Waals surface area contributed by atoms with Gasteiger partial charge < -0.3 is 19.5 Å². The highest BCUT2D eigenvalue weighted by Crippen LogP contribution is 2.37. The van der Waals surface area contributed by atoms with Crippen LogP contribution in [0.2, 0.25) is 0 Å². The molecule has 1 saturated heterocycles. The zero-order valence-electron chi connectivity index (χ0n) is 14.9. The normalized spacial score (nSPS) is 28.7. The van der Waals surface area contributed by atoms with Gasteiger partial charge in [-0.25, -0.2) is 0 Å². The maximum Gasteiger partial charge on any atom is 0.285 e. The molecule has 0 bridgehead atoms. The Morgan fingerprint density at radius 2 is 2.08 bits per heavy atom. The highest BCUT2D eigenvalue weighted by atomic mass is 16.7. The smallest absolute Gasteiger partial charge is 0.285 e. The summed E-state index contributed by atoms with van der Waals surface area (Å²) in [4.78, 5) is 14.2. The van der Waals surface area contributed by atoms with Crippen LogP contribution in [0.3, 0.4) is 0 Å². The van der Waals surface area contributed by atoms with E-state index in [-0.39, 0.29) is 6.04 Å². The molecule has 0 saturated carbocycles. The third kappa shape index (κ3) is 3.69. The molecular weight excluding hydrogens is 306 g/mol. The zero-order chi connectivity index (χ0) is 17.9. The second-order valence-electron chi connectivity index (χ2n) is 6.52. The number of morpholine rings is 1. The van der Waals surface area contributed by atoms with Crippen molar-refractivity contribution in [1.29, 1.82) is 0 Å². The largest absolute Gasteiger partial charge is 0.372 e. The molecule has 1 heterocycles. The molecule has 0 aliphatic carbocycles. The van der Waals surface area contributed by atoms with Gasteiger partial charge >= 0.3 is 0 Å². The molecule has 24 heavy (non-hydrogen) atoms. The van der Waals surface area contributed by atoms with Crippen LogP contribution in [-0.2, 0) is 14.3 Å². The van der Waals surface area contributed by atoms with E-state index >= 15 is 0 Å². The average molecular weight is 333 g/mol. The van der Waals surface area contributed by atoms with Gasteiger partial charge in [-0.1, -0.05) is 35.9 Å². The number of ether oxygens (including phenoxy) is 2. The van der Waals surface area contributed by atoms with Gasteiger partial charge in [-0.05, 0) is 32.8 Å². The van der Waals surface area contributed by atoms with Crippen LogP contribution < -0.4 is 0 Å². The number of likely N-dealkylation sites (N-methyl/N-ethyl adjacent to an activating group) is 1. The summed E-state index contributed by atoms with van der Waals surface area (Å²) in [6.07, 6.45) is -0.542. The van der Waals surface area contributed by atoms with Crippen molar-refractivity contribution >= 4 is 5.91 Å². The van der Waals surface area contributed by atoms with Gasteiger partial charge in [0.05, 0.1) is 12.6 Å². The van der Waals surface area contributed by atoms with Gasteiger partial charge in [-0.3, -0.25) is 4.79 Å². The van der Waals surface area contributed by atoms with Gasteiger partial charge in [-0.15, -0.1) is 6.58 Å². The average Bonchev–Trinajstić information content (AvgIpc) is 2.56. The second kappa shape index (κ2) is 7.47. The van der Waals surface area contributed by atoms with Crippen LogP contribution in [0.5, 0.6) is 0 Å². The quantitative estimate of drug-likeness (QED) is 0.813. The van der Waals surface area contributed by atoms with Gasteiger partial charge in [0, 0.05) is 7.05 Å². The van der Waals surface area contributed by atoms with E-state index < -0.39 is 23.9 Å². The van der Waals surface area contributed by atoms with Gasteiger partial charge in [0.1, 0.15) is 12.2 Å². The molecule has 4 atom stereocenters. The Hall–Kier alpha value is -1.69. The number of carbonyl (C=O) groups is 1. The summed E-state index contributed by atoms with van der Waals surface area (Å²) in [5.41, 5.74) is 1.90. The fraction of sp³-hybridized carbons (Fsp3) is 0.526. The first kappa shape index (κ1) is 18.6. The first-order valence-corrected chi connectivity index (χ1v) is 8.25. The van der Waals surface area contributed by atoms with Crippen molar-refractivity contribution in [2.75, 3.05) is 13.7 Å². The molecule has 1 aliphatic rings. The molecule has 0 spiro atoms. The predicted octanol–water partition coefficient (Wildman–Crippen LogP) is 2.66. The van der Waals surface area contributed by atoms with E-state index in [0.29, 0.717) is 13.0 Å². The van der Waals surface area contributed by atoms with Crippen LogP contribution in [0.15, 0.2) is 42.5 Å². The molecule has 2 rings (SSSR count). The molecule has 0 aromatic heterocycles. The molecule has 5 heteroatoms. The van der Waals surface area contributed by atoms with Crippen molar-refractivity contribution < 1.29 is 19.4 Å². The van der Waals surface area contributed by atoms with Crippen LogP contribution in [0.4, 0.5) is 0 Å². The Balaban J connectivity index is 2.21. The zero-order valence-corrected chi connectivity index (χ0v) is 14.9. The summed E-state index contributed by atoms with van der Waals surface area (Å²) in [5, 5.41) is 10.9. The van der Waals surface area contributed by atoms with E-state index in [1.54, 1.807) is 14.0 Å². The van der Waals surface area contributed by atoms with Crippen molar-refractivity contribution in [3.05, 3.63) is 48.0 Å². The monoisotopic (exact) mass is 333 g/mol. The van der Waals surface area contributed by atoms with Gasteiger partial charge in [0.2, 0.25) is 0 Å². The molecule has 0 radical (unpaired) electrons. The van der Waals surface area contributed by atoms with Crippen LogP contribution in [-0.4, -0.2) is 47.5 Å². The Kier molecular flexibility index (Phi) is 5.80. The number of benzene rings is 1. The summed E-state index contributed by atoms with van der Waals surface area (Å²) in [6.45, 7) is 9.67. The molecule has 1 N–H and O–H groups in total. The number of hydrogen-bond acceptors (Lipinski definition) is 4. The number of rotatable bonds is 6. The van der Waals surface area contributed by atoms with Crippen molar-refractivity contribution in [3.63, 3.8) is 0 Å². The number of hydrogen-bond donors (Lipinski definition) is 1. The van der Waals surface area contributed by atoms with Gasteiger partial charge in [0.25, 0.3) is 11.7 Å². The Bertz CT molecular complexity index is 588. The lowest BCUT2D eigenvalue weighted by atomic mass is 9.96. The fourth-order valence-corrected chi connectivity index (χ4v) is 2.77. The Morgan fingerprint density at radius 1 is 1.46 bits per heavy atom. The first-order valence-electron chi connectivity index (χ1n) is 8.25. The summed E-state index contributed by atoms with van der Waals surface area (Å²) >= 11 is 0. The van der Waals surface area contributed by atoms with E-state index in [1.807, 2.05) is 44.2 Å². The highest BCUT2D eigenvalue weighted by molar-refractivity contribution is 5.85. The number of amides is 1. The molecule has 1 aromatic carbocycles. The predicted molar refractivity (Wildman–Crippen MR) is 92.3 cm³/mol. The van der Waals surface area contributed by atoms with Crippen molar-refractivity contribution in [2.24, 2.45) is 0 Å². The van der Waals surface area contributed by atoms with Crippen molar-refractivity contribution in [3.8, 4) is 0 Å². The van der Waals surface area contributed by atoms with Crippen LogP contribution in [0, 0.1) is 0 Å². The minimum absolute atomic E-state index is 0.192. The minimum atomic E-state index is -2.00. The fourth-order valence-electron chi connectivity index (χ4n) is 2.77. The van der Waals surface area contributed by atoms with E-state index in [2.05, 4.69) is 6.58 Å². The SMILES string of the molecule is C=C(C)CCO[C@@H](C)[C@]1(O)O[C@H](c2ccccc2)[C@H](C)N(C)C1=O. The number of aliphatic hydroxyl groups is 1. The van der Waals surface area contributed by atoms with Crippen molar-refractivity contribution in [1.82, 2.24) is 4.90 Å². The molecule has 1 aromatic rings. The molecule has 1 fully saturated rings. The molecule has 1 aliphatic heterocycles. The summed E-state index contributed by atoms with van der Waals surface area (Å²) in [6, 6.07) is 9.40. The number of carbonyl (C=O) groups excluding carboxylic acids is 1. The summed E-state index contributed by atoms with van der Waals surface area (Å²) < 4.78 is 11.5. The van der Waals surface area contributed by atoms with E-state index in [1.165, 1.54) is 4.90 Å². The van der Waals surface area contributed by atoms with Gasteiger partial charge in [0.15, 0.2) is 0 Å². The Labute approximate surface area is 143 Å². The first-order chi connectivity index (χ1) is 11.3. The Morgan fingerprint density at radius 3 is 2.67 bits per heavy atom. The second-order valence-corrected chi connectivity index (χ2v) is 6.52. The summed E-state index contributed by atoms with van der Waals surface area (Å²) in [7, 11) is 1.68. The van der Waals surface area contributed by atoms with Crippen LogP contribution in [0.1, 0.15) is 38.9 Å². The lowest BCUT2D eigenvalue weighted by molar-refractivity contribution is -0.298. The molecule has 0 unspecified atom stereocenters. The lowest BCUT2D eigenvalue weighted by Gasteiger charge is -2.47. The minimum Gasteiger partial charge on any atom is -0.372 e. The summed E-state index contributed by atoms with van der Waals surface area (Å²) in [5.74, 6) is -2.48.